The van der Waals surface area contributed by atoms with E-state index in [1.54, 1.807) is 12.0 Å². The van der Waals surface area contributed by atoms with E-state index in [4.69, 9.17) is 5.41 Å². The Balaban J connectivity index is 2.51. The average molecular weight is 420 g/mol. The maximum absolute atomic E-state index is 12.5. The van der Waals surface area contributed by atoms with Crippen molar-refractivity contribution in [2.24, 2.45) is 5.92 Å². The van der Waals surface area contributed by atoms with Crippen molar-refractivity contribution >= 4 is 17.8 Å². The Bertz CT molecular complexity index is 696. The van der Waals surface area contributed by atoms with Gasteiger partial charge in [0.15, 0.2) is 5.03 Å². The zero-order valence-electron chi connectivity index (χ0n) is 17.4. The number of guanidine groups is 1. The summed E-state index contributed by atoms with van der Waals surface area (Å²) in [6, 6.07) is 8.89. The molecular weight excluding hydrogens is 388 g/mol. The molecule has 1 aromatic rings. The number of hydrogen-bond acceptors (Lipinski definition) is 5. The van der Waals surface area contributed by atoms with E-state index in [2.05, 4.69) is 16.0 Å². The zero-order chi connectivity index (χ0) is 22.4. The quantitative estimate of drug-likeness (QED) is 0.108. The highest BCUT2D eigenvalue weighted by Gasteiger charge is 2.20. The van der Waals surface area contributed by atoms with Crippen molar-refractivity contribution in [1.29, 1.82) is 5.41 Å². The van der Waals surface area contributed by atoms with Crippen molar-refractivity contribution in [2.75, 3.05) is 6.54 Å². The fourth-order valence-corrected chi connectivity index (χ4v) is 2.58. The van der Waals surface area contributed by atoms with Gasteiger partial charge in [0.25, 0.3) is 5.96 Å². The van der Waals surface area contributed by atoms with Crippen LogP contribution in [-0.2, 0) is 16.0 Å². The summed E-state index contributed by atoms with van der Waals surface area (Å²) in [6.07, 6.45) is 2.32. The monoisotopic (exact) mass is 419 g/mol. The lowest BCUT2D eigenvalue weighted by Crippen LogP contribution is -2.47. The number of benzene rings is 1. The van der Waals surface area contributed by atoms with Gasteiger partial charge in [0, 0.05) is 19.5 Å². The Morgan fingerprint density at radius 2 is 1.93 bits per heavy atom. The highest BCUT2D eigenvalue weighted by molar-refractivity contribution is 5.88. The van der Waals surface area contributed by atoms with Crippen LogP contribution >= 0.6 is 0 Å². The zero-order valence-corrected chi connectivity index (χ0v) is 17.4. The van der Waals surface area contributed by atoms with Gasteiger partial charge in [0.2, 0.25) is 11.8 Å². The Labute approximate surface area is 176 Å². The molecule has 0 aliphatic rings. The summed E-state index contributed by atoms with van der Waals surface area (Å²) in [7, 11) is 0. The summed E-state index contributed by atoms with van der Waals surface area (Å²) in [5, 5.41) is 24.8. The van der Waals surface area contributed by atoms with Crippen LogP contribution in [0.3, 0.4) is 0 Å². The molecule has 0 aliphatic heterocycles. The molecule has 1 radical (unpaired) electrons. The van der Waals surface area contributed by atoms with E-state index >= 15 is 0 Å². The summed E-state index contributed by atoms with van der Waals surface area (Å²) < 4.78 is 0. The van der Waals surface area contributed by atoms with Gasteiger partial charge in [0.1, 0.15) is 6.04 Å². The van der Waals surface area contributed by atoms with Crippen LogP contribution in [0.5, 0.6) is 0 Å². The molecule has 10 nitrogen and oxygen atoms in total. The van der Waals surface area contributed by atoms with E-state index in [0.717, 1.165) is 5.56 Å². The maximum Gasteiger partial charge on any atom is 0.251 e. The molecule has 5 N–H and O–H groups in total. The number of carbonyl (C=O) groups excluding carboxylic acids is 2. The predicted octanol–water partition coefficient (Wildman–Crippen LogP) is 1.51. The highest BCUT2D eigenvalue weighted by Crippen LogP contribution is 2.05. The Morgan fingerprint density at radius 3 is 2.57 bits per heavy atom. The molecule has 1 rings (SSSR count). The van der Waals surface area contributed by atoms with Crippen molar-refractivity contribution < 1.29 is 14.6 Å². The van der Waals surface area contributed by atoms with Crippen LogP contribution in [-0.4, -0.2) is 35.4 Å². The Hall–Kier alpha value is -3.17. The first-order valence-electron chi connectivity index (χ1n) is 9.96. The summed E-state index contributed by atoms with van der Waals surface area (Å²) in [5.74, 6) is -0.563. The third-order valence-corrected chi connectivity index (χ3v) is 4.14. The van der Waals surface area contributed by atoms with Crippen LogP contribution in [0.15, 0.2) is 30.3 Å². The molecule has 30 heavy (non-hydrogen) atoms. The fraction of sp³-hybridized carbons (Fsp3) is 0.500. The van der Waals surface area contributed by atoms with Gasteiger partial charge in [-0.05, 0) is 37.2 Å². The average Bonchev–Trinajstić information content (AvgIpc) is 2.68. The molecule has 2 amide bonds. The van der Waals surface area contributed by atoms with Gasteiger partial charge in [-0.3, -0.25) is 15.0 Å². The Kier molecular flexibility index (Phi) is 11.5. The van der Waals surface area contributed by atoms with E-state index in [-0.39, 0.29) is 24.8 Å². The predicted molar refractivity (Wildman–Crippen MR) is 114 cm³/mol. The minimum Gasteiger partial charge on any atom is -0.352 e. The van der Waals surface area contributed by atoms with E-state index in [0.29, 0.717) is 31.6 Å². The van der Waals surface area contributed by atoms with Crippen molar-refractivity contribution in [2.45, 2.75) is 52.0 Å². The molecule has 10 heteroatoms. The number of amides is 2. The van der Waals surface area contributed by atoms with Crippen molar-refractivity contribution in [3.8, 4) is 0 Å². The molecule has 0 saturated carbocycles. The van der Waals surface area contributed by atoms with Crippen molar-refractivity contribution in [3.63, 3.8) is 0 Å². The summed E-state index contributed by atoms with van der Waals surface area (Å²) in [5.41, 5.74) is 2.74. The molecule has 0 aliphatic carbocycles. The molecule has 0 heterocycles. The number of nitro groups is 1. The fourth-order valence-electron chi connectivity index (χ4n) is 2.58. The molecule has 0 saturated heterocycles. The van der Waals surface area contributed by atoms with Gasteiger partial charge in [-0.25, -0.2) is 10.1 Å². The Morgan fingerprint density at radius 1 is 1.23 bits per heavy atom. The number of hydrogen-bond donors (Lipinski definition) is 5. The second kappa shape index (κ2) is 13.9. The minimum atomic E-state index is -0.830. The number of carbonyl (C=O) groups is 2. The molecule has 0 fully saturated rings. The second-order valence-electron chi connectivity index (χ2n) is 7.26. The lowest BCUT2D eigenvalue weighted by Gasteiger charge is -2.19. The molecule has 1 aromatic carbocycles. The smallest absolute Gasteiger partial charge is 0.251 e. The first-order valence-corrected chi connectivity index (χ1v) is 9.96. The van der Waals surface area contributed by atoms with Crippen LogP contribution in [0.4, 0.5) is 0 Å². The lowest BCUT2D eigenvalue weighted by molar-refractivity contribution is -0.525. The van der Waals surface area contributed by atoms with Gasteiger partial charge < -0.3 is 16.0 Å². The van der Waals surface area contributed by atoms with Crippen LogP contribution < -0.4 is 21.4 Å². The topological polar surface area (TPSA) is 149 Å². The first-order chi connectivity index (χ1) is 14.3. The van der Waals surface area contributed by atoms with Crippen LogP contribution in [0, 0.1) is 28.0 Å². The first kappa shape index (κ1) is 24.9. The van der Waals surface area contributed by atoms with Crippen molar-refractivity contribution in [3.05, 3.63) is 52.6 Å². The maximum atomic E-state index is 12.5. The molecule has 0 aromatic heterocycles. The third-order valence-electron chi connectivity index (χ3n) is 4.14. The van der Waals surface area contributed by atoms with Crippen LogP contribution in [0.1, 0.15) is 45.1 Å². The van der Waals surface area contributed by atoms with E-state index in [9.17, 15) is 19.7 Å². The van der Waals surface area contributed by atoms with Crippen LogP contribution in [0.25, 0.3) is 0 Å². The largest absolute Gasteiger partial charge is 0.352 e. The van der Waals surface area contributed by atoms with E-state index < -0.39 is 17.0 Å². The van der Waals surface area contributed by atoms with Gasteiger partial charge >= 0.3 is 0 Å². The number of hydrazine groups is 1. The molecule has 165 valence electrons. The molecule has 0 unspecified atom stereocenters. The number of nitrogens with zero attached hydrogens (tertiary/aromatic N) is 1. The third kappa shape index (κ3) is 11.6. The summed E-state index contributed by atoms with van der Waals surface area (Å²) in [4.78, 5) is 35.1. The van der Waals surface area contributed by atoms with Gasteiger partial charge in [-0.2, -0.15) is 0 Å². The van der Waals surface area contributed by atoms with Crippen LogP contribution in [0.2, 0.25) is 0 Å². The highest BCUT2D eigenvalue weighted by atomic mass is 16.7. The summed E-state index contributed by atoms with van der Waals surface area (Å²) in [6.45, 7) is 6.00. The van der Waals surface area contributed by atoms with Gasteiger partial charge in [-0.15, -0.1) is 0 Å². The lowest BCUT2D eigenvalue weighted by atomic mass is 10.1. The van der Waals surface area contributed by atoms with Gasteiger partial charge in [-0.1, -0.05) is 49.6 Å². The number of aryl methyl sites for hydroxylation is 1. The summed E-state index contributed by atoms with van der Waals surface area (Å²) >= 11 is 0. The van der Waals surface area contributed by atoms with E-state index in [1.165, 1.54) is 0 Å². The van der Waals surface area contributed by atoms with E-state index in [1.807, 2.05) is 44.2 Å². The molecule has 0 bridgehead atoms. The SMILES string of the molecule is CC(C)C[CH]NC(=O)[C@H](CCCNC(=N)N[N+](=O)[O-])NC(=O)CCc1ccccc1. The normalized spacial score (nSPS) is 11.4. The minimum absolute atomic E-state index is 0.224. The standard InChI is InChI=1S/C20H31N6O4/c1-15(2)12-14-22-19(28)17(9-6-13-23-20(21)25-26(29)30)24-18(27)11-10-16-7-4-3-5-8-16/h3-5,7-8,14-15,17H,6,9-13H2,1-2H3,(H,22,28)(H,24,27)(H3,21,23,25)/t17-/m0/s1. The molecule has 1 atom stereocenters. The second-order valence-corrected chi connectivity index (χ2v) is 7.26. The number of nitrogens with one attached hydrogen (secondary N) is 5. The van der Waals surface area contributed by atoms with Gasteiger partial charge in [0.05, 0.1) is 0 Å². The molecule has 0 spiro atoms. The molecular formula is C20H31N6O4. The van der Waals surface area contributed by atoms with Crippen molar-refractivity contribution in [1.82, 2.24) is 21.4 Å². The number of rotatable bonds is 13.